The van der Waals surface area contributed by atoms with Gasteiger partial charge in [0.25, 0.3) is 0 Å². The number of allylic oxidation sites excluding steroid dienone is 2. The number of fused-ring (bicyclic) bond motifs is 1. The number of methoxy groups -OCH3 is 1. The monoisotopic (exact) mass is 545 g/mol. The Morgan fingerprint density at radius 3 is 2.72 bits per heavy atom. The van der Waals surface area contributed by atoms with Crippen molar-refractivity contribution < 1.29 is 9.53 Å². The molecule has 2 aromatic carbocycles. The van der Waals surface area contributed by atoms with Crippen LogP contribution >= 0.6 is 11.6 Å². The number of halogens is 1. The van der Waals surface area contributed by atoms with Gasteiger partial charge in [0, 0.05) is 54.9 Å². The van der Waals surface area contributed by atoms with Crippen molar-refractivity contribution in [2.45, 2.75) is 0 Å². The number of H-pyrrole nitrogens is 1. The Bertz CT molecular complexity index is 1510. The lowest BCUT2D eigenvalue weighted by atomic mass is 10.1. The van der Waals surface area contributed by atoms with Gasteiger partial charge in [-0.15, -0.1) is 0 Å². The van der Waals surface area contributed by atoms with Crippen molar-refractivity contribution in [3.05, 3.63) is 78.6 Å². The zero-order chi connectivity index (χ0) is 27.9. The number of aromatic nitrogens is 3. The quantitative estimate of drug-likeness (QED) is 0.164. The minimum Gasteiger partial charge on any atom is -0.494 e. The molecule has 0 unspecified atom stereocenters. The lowest BCUT2D eigenvalue weighted by Gasteiger charge is -2.26. The molecule has 0 saturated carbocycles. The Morgan fingerprint density at radius 1 is 1.18 bits per heavy atom. The number of likely N-dealkylation sites (N-methyl/N-ethyl adjacent to an activating group) is 2. The molecular weight excluding hydrogens is 514 g/mol. The molecule has 0 fully saturated rings. The van der Waals surface area contributed by atoms with E-state index in [2.05, 4.69) is 37.0 Å². The fourth-order valence-corrected chi connectivity index (χ4v) is 4.25. The van der Waals surface area contributed by atoms with E-state index in [0.29, 0.717) is 33.8 Å². The molecule has 0 bridgehead atoms. The van der Waals surface area contributed by atoms with Gasteiger partial charge >= 0.3 is 0 Å². The first-order chi connectivity index (χ1) is 18.8. The summed E-state index contributed by atoms with van der Waals surface area (Å²) in [4.78, 5) is 29.1. The number of aromatic amines is 1. The summed E-state index contributed by atoms with van der Waals surface area (Å²) in [7, 11) is 7.59. The van der Waals surface area contributed by atoms with Crippen molar-refractivity contribution >= 4 is 51.4 Å². The second-order valence-electron chi connectivity index (χ2n) is 9.14. The molecule has 0 radical (unpaired) electrons. The maximum Gasteiger partial charge on any atom is 0.248 e. The van der Waals surface area contributed by atoms with Crippen molar-refractivity contribution in [2.24, 2.45) is 0 Å². The van der Waals surface area contributed by atoms with Gasteiger partial charge in [-0.1, -0.05) is 48.5 Å². The molecule has 202 valence electrons. The van der Waals surface area contributed by atoms with Crippen molar-refractivity contribution in [2.75, 3.05) is 56.9 Å². The second-order valence-corrected chi connectivity index (χ2v) is 9.55. The van der Waals surface area contributed by atoms with Gasteiger partial charge < -0.3 is 30.2 Å². The van der Waals surface area contributed by atoms with Gasteiger partial charge in [-0.25, -0.2) is 9.97 Å². The number of carbonyl (C=O) groups is 1. The largest absolute Gasteiger partial charge is 0.494 e. The number of para-hydroxylation sites is 1. The number of rotatable bonds is 11. The molecule has 0 spiro atoms. The van der Waals surface area contributed by atoms with Gasteiger partial charge in [-0.05, 0) is 26.2 Å². The molecule has 0 aliphatic rings. The number of hydrogen-bond donors (Lipinski definition) is 3. The number of hydrogen-bond acceptors (Lipinski definition) is 7. The molecule has 0 aliphatic heterocycles. The zero-order valence-corrected chi connectivity index (χ0v) is 23.2. The minimum absolute atomic E-state index is 0.280. The zero-order valence-electron chi connectivity index (χ0n) is 22.5. The highest BCUT2D eigenvalue weighted by Crippen LogP contribution is 2.39. The number of nitrogens with zero attached hydrogens (tertiary/aromatic N) is 4. The number of amides is 1. The number of carbonyl (C=O) groups excluding carboxylic acids is 1. The van der Waals surface area contributed by atoms with Gasteiger partial charge in [0.05, 0.1) is 41.1 Å². The highest BCUT2D eigenvalue weighted by atomic mass is 35.5. The number of anilines is 4. The van der Waals surface area contributed by atoms with E-state index < -0.39 is 0 Å². The molecule has 0 aliphatic carbocycles. The molecule has 0 atom stereocenters. The Hall–Kier alpha value is -4.34. The molecule has 9 nitrogen and oxygen atoms in total. The van der Waals surface area contributed by atoms with E-state index in [1.807, 2.05) is 63.7 Å². The normalized spacial score (nSPS) is 11.2. The summed E-state index contributed by atoms with van der Waals surface area (Å²) < 4.78 is 5.72. The number of ether oxygens (including phenoxy) is 1. The predicted octanol–water partition coefficient (Wildman–Crippen LogP) is 5.71. The summed E-state index contributed by atoms with van der Waals surface area (Å²) in [5, 5.41) is 7.64. The van der Waals surface area contributed by atoms with E-state index in [-0.39, 0.29) is 5.91 Å². The van der Waals surface area contributed by atoms with Gasteiger partial charge in [0.15, 0.2) is 0 Å². The van der Waals surface area contributed by atoms with E-state index in [0.717, 1.165) is 35.2 Å². The first-order valence-electron chi connectivity index (χ1n) is 12.3. The molecule has 0 saturated heterocycles. The smallest absolute Gasteiger partial charge is 0.248 e. The summed E-state index contributed by atoms with van der Waals surface area (Å²) in [5.74, 6) is 0.613. The average molecular weight is 546 g/mol. The lowest BCUT2D eigenvalue weighted by Crippen LogP contribution is -2.29. The van der Waals surface area contributed by atoms with E-state index in [1.165, 1.54) is 6.08 Å². The second kappa shape index (κ2) is 12.5. The van der Waals surface area contributed by atoms with Crippen LogP contribution in [0.5, 0.6) is 5.75 Å². The molecule has 4 aromatic rings. The topological polar surface area (TPSA) is 98.4 Å². The summed E-state index contributed by atoms with van der Waals surface area (Å²) in [6.45, 7) is 5.20. The Morgan fingerprint density at radius 2 is 1.97 bits per heavy atom. The molecule has 2 heterocycles. The number of benzene rings is 2. The molecule has 10 heteroatoms. The standard InChI is InChI=1S/C29H32ClN7O2/c1-6-7-12-27(38)33-23-15-24(26(39-5)16-25(23)37(4)14-13-36(2)3)34-29-32-18-21(30)28(35-29)20-17-31-22-11-9-8-10-19(20)22/h6-12,15-18,31H,1,13-14H2,2-5H3,(H,33,38)(H,32,34,35)/b12-7-. The van der Waals surface area contributed by atoms with Gasteiger partial charge in [0.1, 0.15) is 5.75 Å². The molecule has 3 N–H and O–H groups in total. The molecule has 4 rings (SSSR count). The van der Waals surface area contributed by atoms with Crippen LogP contribution in [0.15, 0.2) is 73.6 Å². The lowest BCUT2D eigenvalue weighted by molar-refractivity contribution is -0.111. The molecule has 1 amide bonds. The summed E-state index contributed by atoms with van der Waals surface area (Å²) in [6.07, 6.45) is 8.00. The maximum absolute atomic E-state index is 12.6. The van der Waals surface area contributed by atoms with Crippen molar-refractivity contribution in [1.29, 1.82) is 0 Å². The van der Waals surface area contributed by atoms with Crippen LogP contribution in [-0.4, -0.2) is 67.1 Å². The first kappa shape index (κ1) is 27.7. The molecule has 2 aromatic heterocycles. The van der Waals surface area contributed by atoms with E-state index >= 15 is 0 Å². The van der Waals surface area contributed by atoms with Crippen LogP contribution in [0.4, 0.5) is 23.0 Å². The average Bonchev–Trinajstić information content (AvgIpc) is 3.35. The third-order valence-electron chi connectivity index (χ3n) is 6.09. The van der Waals surface area contributed by atoms with Crippen molar-refractivity contribution in [3.8, 4) is 17.0 Å². The van der Waals surface area contributed by atoms with E-state index in [9.17, 15) is 4.79 Å². The first-order valence-corrected chi connectivity index (χ1v) is 12.7. The van der Waals surface area contributed by atoms with Crippen LogP contribution in [0, 0.1) is 0 Å². The molecular formula is C29H32ClN7O2. The SMILES string of the molecule is C=C/C=C\C(=O)Nc1cc(Nc2ncc(Cl)c(-c3c[nH]c4ccccc34)n2)c(OC)cc1N(C)CCN(C)C. The minimum atomic E-state index is -0.280. The summed E-state index contributed by atoms with van der Waals surface area (Å²) in [5.41, 5.74) is 4.43. The van der Waals surface area contributed by atoms with Gasteiger partial charge in [-0.2, -0.15) is 0 Å². The summed E-state index contributed by atoms with van der Waals surface area (Å²) >= 11 is 6.52. The fraction of sp³-hybridized carbons (Fsp3) is 0.207. The predicted molar refractivity (Wildman–Crippen MR) is 160 cm³/mol. The summed E-state index contributed by atoms with van der Waals surface area (Å²) in [6, 6.07) is 11.6. The van der Waals surface area contributed by atoms with Crippen LogP contribution < -0.4 is 20.3 Å². The van der Waals surface area contributed by atoms with Gasteiger partial charge in [-0.3, -0.25) is 4.79 Å². The van der Waals surface area contributed by atoms with Crippen molar-refractivity contribution in [3.63, 3.8) is 0 Å². The highest BCUT2D eigenvalue weighted by Gasteiger charge is 2.18. The van der Waals surface area contributed by atoms with Crippen LogP contribution in [0.3, 0.4) is 0 Å². The Balaban J connectivity index is 1.72. The third-order valence-corrected chi connectivity index (χ3v) is 6.36. The van der Waals surface area contributed by atoms with Crippen LogP contribution in [-0.2, 0) is 4.79 Å². The molecule has 39 heavy (non-hydrogen) atoms. The van der Waals surface area contributed by atoms with Crippen LogP contribution in [0.25, 0.3) is 22.2 Å². The maximum atomic E-state index is 12.6. The van der Waals surface area contributed by atoms with Crippen LogP contribution in [0.1, 0.15) is 0 Å². The Labute approximate surface area is 233 Å². The van der Waals surface area contributed by atoms with Crippen LogP contribution in [0.2, 0.25) is 5.02 Å². The van der Waals surface area contributed by atoms with E-state index in [1.54, 1.807) is 25.5 Å². The highest BCUT2D eigenvalue weighted by molar-refractivity contribution is 6.33. The van der Waals surface area contributed by atoms with Gasteiger partial charge in [0.2, 0.25) is 11.9 Å². The van der Waals surface area contributed by atoms with Crippen molar-refractivity contribution in [1.82, 2.24) is 19.9 Å². The van der Waals surface area contributed by atoms with E-state index in [4.69, 9.17) is 21.3 Å². The fourth-order valence-electron chi connectivity index (χ4n) is 4.06. The number of nitrogens with one attached hydrogen (secondary N) is 3. The third kappa shape index (κ3) is 6.57. The Kier molecular flexibility index (Phi) is 8.85.